The van der Waals surface area contributed by atoms with Crippen molar-refractivity contribution in [2.75, 3.05) is 9.80 Å². The van der Waals surface area contributed by atoms with E-state index in [2.05, 4.69) is 223 Å². The second-order valence-corrected chi connectivity index (χ2v) is 18.9. The first-order valence-electron chi connectivity index (χ1n) is 23.7. The fourth-order valence-electron chi connectivity index (χ4n) is 11.9. The van der Waals surface area contributed by atoms with Crippen LogP contribution in [0.5, 0.6) is 11.5 Å². The second-order valence-electron chi connectivity index (χ2n) is 18.9. The zero-order chi connectivity index (χ0) is 45.1. The summed E-state index contributed by atoms with van der Waals surface area (Å²) in [5, 5.41) is 9.12. The van der Waals surface area contributed by atoms with Crippen molar-refractivity contribution in [3.05, 3.63) is 212 Å². The van der Waals surface area contributed by atoms with Crippen LogP contribution < -0.4 is 30.9 Å². The number of aryl methyl sites for hydroxylation is 1. The summed E-state index contributed by atoms with van der Waals surface area (Å²) >= 11 is 0. The smallest absolute Gasteiger partial charge is 0.261 e. The molecule has 0 radical (unpaired) electrons. The first-order chi connectivity index (χ1) is 34.1. The maximum absolute atomic E-state index is 7.46. The first-order valence-corrected chi connectivity index (χ1v) is 23.7. The third-order valence-electron chi connectivity index (χ3n) is 14.9. The Morgan fingerprint density at radius 3 is 1.20 bits per heavy atom. The number of fused-ring (bicyclic) bond motifs is 8. The van der Waals surface area contributed by atoms with E-state index in [1.807, 2.05) is 0 Å². The number of hydrogen-bond donors (Lipinski definition) is 0. The van der Waals surface area contributed by atoms with Gasteiger partial charge < -0.3 is 23.4 Å². The van der Waals surface area contributed by atoms with Gasteiger partial charge in [-0.15, -0.1) is 0 Å². The van der Waals surface area contributed by atoms with E-state index in [0.29, 0.717) is 0 Å². The Labute approximate surface area is 396 Å². The highest BCUT2D eigenvalue weighted by Crippen LogP contribution is 2.51. The predicted octanol–water partition coefficient (Wildman–Crippen LogP) is 15.6. The highest BCUT2D eigenvalue weighted by atomic mass is 16.5. The molecule has 5 heterocycles. The molecule has 5 nitrogen and oxygen atoms in total. The molecule has 2 aromatic heterocycles. The van der Waals surface area contributed by atoms with Crippen LogP contribution in [0.2, 0.25) is 0 Å². The molecule has 3 aliphatic heterocycles. The Balaban J connectivity index is 0.953. The summed E-state index contributed by atoms with van der Waals surface area (Å²) in [7, 11) is 0. The molecule has 13 aromatic rings. The molecule has 0 unspecified atom stereocenters. The average Bonchev–Trinajstić information content (AvgIpc) is 3.93. The third kappa shape index (κ3) is 5.26. The largest absolute Gasteiger partial charge is 0.458 e. The van der Waals surface area contributed by atoms with Crippen LogP contribution in [0, 0.1) is 6.92 Å². The van der Waals surface area contributed by atoms with Crippen molar-refractivity contribution in [2.24, 2.45) is 0 Å². The van der Waals surface area contributed by atoms with Crippen LogP contribution >= 0.6 is 0 Å². The quantitative estimate of drug-likeness (QED) is 0.165. The summed E-state index contributed by atoms with van der Waals surface area (Å²) in [6.45, 7) is 2.15. The first kappa shape index (κ1) is 37.1. The summed E-state index contributed by atoms with van der Waals surface area (Å²) in [5.74, 6) is 1.72. The van der Waals surface area contributed by atoms with Crippen molar-refractivity contribution in [3.8, 4) is 33.8 Å². The number of benzene rings is 11. The molecule has 0 spiro atoms. The molecule has 0 saturated heterocycles. The number of para-hydroxylation sites is 2. The van der Waals surface area contributed by atoms with Crippen LogP contribution in [0.1, 0.15) is 5.56 Å². The predicted molar refractivity (Wildman–Crippen MR) is 286 cm³/mol. The summed E-state index contributed by atoms with van der Waals surface area (Å²) in [5.41, 5.74) is 19.4. The molecule has 0 aliphatic carbocycles. The Kier molecular flexibility index (Phi) is 7.30. The van der Waals surface area contributed by atoms with Gasteiger partial charge in [0.2, 0.25) is 0 Å². The topological polar surface area (TPSA) is 42.0 Å². The molecule has 320 valence electrons. The minimum absolute atomic E-state index is 0.0791. The number of nitrogens with zero attached hydrogens (tertiary/aromatic N) is 2. The van der Waals surface area contributed by atoms with Gasteiger partial charge >= 0.3 is 0 Å². The highest BCUT2D eigenvalue weighted by Gasteiger charge is 2.49. The normalized spacial score (nSPS) is 13.3. The summed E-state index contributed by atoms with van der Waals surface area (Å²) in [6, 6.07) is 74.7. The van der Waals surface area contributed by atoms with Crippen molar-refractivity contribution in [1.82, 2.24) is 0 Å². The zero-order valence-corrected chi connectivity index (χ0v) is 37.3. The lowest BCUT2D eigenvalue weighted by Crippen LogP contribution is -2.63. The van der Waals surface area contributed by atoms with Gasteiger partial charge in [-0.05, 0) is 182 Å². The Hall–Kier alpha value is -9.00. The van der Waals surface area contributed by atoms with Crippen molar-refractivity contribution in [3.63, 3.8) is 0 Å². The molecule has 0 N–H and O–H groups in total. The van der Waals surface area contributed by atoms with E-state index in [-0.39, 0.29) is 6.71 Å². The molecule has 69 heavy (non-hydrogen) atoms. The SMILES string of the molecule is Cc1cc2c3c(c1)N(c1ccccc1)c1cc(-c4ccc5oc6cc7ccccc7cc6c5c4)cc4c1B3c1c(cc(-c3ccc5oc6cc7ccccc7cc6c5c3)cc1N2c1ccccc1)O4. The van der Waals surface area contributed by atoms with Crippen LogP contribution in [0.15, 0.2) is 215 Å². The van der Waals surface area contributed by atoms with Crippen LogP contribution in [0.25, 0.3) is 87.7 Å². The molecule has 0 saturated carbocycles. The summed E-state index contributed by atoms with van der Waals surface area (Å²) in [4.78, 5) is 4.93. The monoisotopic (exact) mass is 880 g/mol. The molecule has 6 heteroatoms. The highest BCUT2D eigenvalue weighted by molar-refractivity contribution is 7.01. The van der Waals surface area contributed by atoms with Gasteiger partial charge in [0.05, 0.1) is 0 Å². The van der Waals surface area contributed by atoms with E-state index >= 15 is 0 Å². The molecule has 0 fully saturated rings. The molecular weight excluding hydrogens is 844 g/mol. The summed E-state index contributed by atoms with van der Waals surface area (Å²) < 4.78 is 20.4. The number of hydrogen-bond acceptors (Lipinski definition) is 5. The average molecular weight is 881 g/mol. The van der Waals surface area contributed by atoms with Crippen molar-refractivity contribution < 1.29 is 13.6 Å². The third-order valence-corrected chi connectivity index (χ3v) is 14.9. The summed E-state index contributed by atoms with van der Waals surface area (Å²) in [6.07, 6.45) is 0. The lowest BCUT2D eigenvalue weighted by Gasteiger charge is -2.47. The minimum Gasteiger partial charge on any atom is -0.458 e. The fraction of sp³-hybridized carbons (Fsp3) is 0.0159. The maximum Gasteiger partial charge on any atom is 0.261 e. The van der Waals surface area contributed by atoms with Gasteiger partial charge in [-0.2, -0.15) is 0 Å². The Morgan fingerprint density at radius 1 is 0.333 bits per heavy atom. The standard InChI is InChI=1S/C63H37BN2O3/c1-36-24-51-61-52(25-36)66(46-18-6-3-7-19-46)54-31-44(42-21-23-56-48(29-42)50-27-38-13-9-11-15-40(38)33-58(50)68-56)35-60-63(54)64(61)62-53(65(51)45-16-4-2-5-17-45)30-43(34-59(62)69-60)41-20-22-55-47(28-41)49-26-37-12-8-10-14-39(37)32-57(49)67-55/h2-35H,1H3. The lowest BCUT2D eigenvalue weighted by molar-refractivity contribution is 0.488. The van der Waals surface area contributed by atoms with E-state index in [1.54, 1.807) is 0 Å². The number of furan rings is 2. The number of ether oxygens (including phenoxy) is 1. The van der Waals surface area contributed by atoms with Gasteiger partial charge in [-0.1, -0.05) is 97.1 Å². The van der Waals surface area contributed by atoms with Gasteiger partial charge in [0, 0.05) is 55.7 Å². The van der Waals surface area contributed by atoms with Crippen molar-refractivity contribution in [1.29, 1.82) is 0 Å². The Morgan fingerprint density at radius 2 is 0.739 bits per heavy atom. The fourth-order valence-corrected chi connectivity index (χ4v) is 11.9. The van der Waals surface area contributed by atoms with Gasteiger partial charge in [-0.25, -0.2) is 0 Å². The van der Waals surface area contributed by atoms with Crippen LogP contribution in [-0.2, 0) is 0 Å². The molecule has 16 rings (SSSR count). The van der Waals surface area contributed by atoms with Gasteiger partial charge in [0.25, 0.3) is 6.71 Å². The molecule has 0 atom stereocenters. The van der Waals surface area contributed by atoms with Crippen LogP contribution in [-0.4, -0.2) is 6.71 Å². The van der Waals surface area contributed by atoms with Crippen molar-refractivity contribution >= 4 is 123 Å². The van der Waals surface area contributed by atoms with Crippen molar-refractivity contribution in [2.45, 2.75) is 6.92 Å². The molecule has 0 bridgehead atoms. The van der Waals surface area contributed by atoms with Gasteiger partial charge in [0.15, 0.2) is 0 Å². The van der Waals surface area contributed by atoms with E-state index in [9.17, 15) is 0 Å². The maximum atomic E-state index is 7.46. The molecule has 11 aromatic carbocycles. The second kappa shape index (κ2) is 13.6. The van der Waals surface area contributed by atoms with Gasteiger partial charge in [0.1, 0.15) is 33.8 Å². The van der Waals surface area contributed by atoms with Crippen LogP contribution in [0.3, 0.4) is 0 Å². The zero-order valence-electron chi connectivity index (χ0n) is 37.3. The van der Waals surface area contributed by atoms with Gasteiger partial charge in [-0.3, -0.25) is 0 Å². The lowest BCUT2D eigenvalue weighted by atomic mass is 9.32. The number of rotatable bonds is 4. The Bertz CT molecular complexity index is 4110. The molecule has 0 amide bonds. The molecular formula is C63H37BN2O3. The molecule has 3 aliphatic rings. The van der Waals surface area contributed by atoms with Crippen LogP contribution in [0.4, 0.5) is 34.1 Å². The van der Waals surface area contributed by atoms with E-state index in [0.717, 1.165) is 100 Å². The van der Waals surface area contributed by atoms with E-state index < -0.39 is 0 Å². The van der Waals surface area contributed by atoms with E-state index in [1.165, 1.54) is 54.9 Å². The minimum atomic E-state index is -0.0791. The van der Waals surface area contributed by atoms with E-state index in [4.69, 9.17) is 13.6 Å². The number of anilines is 6.